The van der Waals surface area contributed by atoms with Crippen LogP contribution in [0, 0.1) is 22.9 Å². The monoisotopic (exact) mass is 358 g/mol. The first-order valence-electron chi connectivity index (χ1n) is 6.90. The van der Waals surface area contributed by atoms with Gasteiger partial charge in [0.1, 0.15) is 5.82 Å². The molecule has 0 bridgehead atoms. The van der Waals surface area contributed by atoms with Crippen LogP contribution < -0.4 is 5.32 Å². The molecule has 0 saturated carbocycles. The molecule has 1 fully saturated rings. The Morgan fingerprint density at radius 3 is 1.95 bits per heavy atom. The lowest BCUT2D eigenvalue weighted by Gasteiger charge is -2.42. The third-order valence-electron chi connectivity index (χ3n) is 3.67. The minimum Gasteiger partial charge on any atom is -0.314 e. The van der Waals surface area contributed by atoms with Crippen molar-refractivity contribution in [3.05, 3.63) is 35.1 Å². The Balaban J connectivity index is 0.00000220. The fourth-order valence-corrected chi connectivity index (χ4v) is 2.90. The van der Waals surface area contributed by atoms with Gasteiger partial charge in [-0.25, -0.2) is 13.2 Å². The largest absolute Gasteiger partial charge is 0.314 e. The van der Waals surface area contributed by atoms with Gasteiger partial charge in [0.2, 0.25) is 0 Å². The summed E-state index contributed by atoms with van der Waals surface area (Å²) in [4.78, 5) is 2.13. The SMILES string of the molecule is CC(C)(C)[C@@H](c1cc(F)c(F)cc1F)N1CCNCC1.Cl.Cl. The van der Waals surface area contributed by atoms with Gasteiger partial charge in [-0.3, -0.25) is 4.90 Å². The molecule has 1 saturated heterocycles. The van der Waals surface area contributed by atoms with Crippen LogP contribution in [0.25, 0.3) is 0 Å². The summed E-state index contributed by atoms with van der Waals surface area (Å²) >= 11 is 0. The molecule has 0 spiro atoms. The summed E-state index contributed by atoms with van der Waals surface area (Å²) in [5.41, 5.74) is -0.0408. The van der Waals surface area contributed by atoms with Crippen molar-refractivity contribution in [3.63, 3.8) is 0 Å². The van der Waals surface area contributed by atoms with E-state index in [0.717, 1.165) is 32.2 Å². The molecule has 128 valence electrons. The number of halogens is 5. The van der Waals surface area contributed by atoms with Gasteiger partial charge < -0.3 is 5.32 Å². The maximum absolute atomic E-state index is 14.1. The van der Waals surface area contributed by atoms with E-state index in [4.69, 9.17) is 0 Å². The van der Waals surface area contributed by atoms with Gasteiger partial charge in [-0.05, 0) is 11.5 Å². The third-order valence-corrected chi connectivity index (χ3v) is 3.67. The molecule has 1 aliphatic rings. The summed E-state index contributed by atoms with van der Waals surface area (Å²) in [5, 5.41) is 3.24. The van der Waals surface area contributed by atoms with Gasteiger partial charge in [-0.2, -0.15) is 0 Å². The molecule has 7 heteroatoms. The number of piperazine rings is 1. The molecule has 1 N–H and O–H groups in total. The van der Waals surface area contributed by atoms with E-state index in [0.29, 0.717) is 6.07 Å². The maximum Gasteiger partial charge on any atom is 0.161 e. The zero-order valence-electron chi connectivity index (χ0n) is 13.0. The zero-order chi connectivity index (χ0) is 14.9. The van der Waals surface area contributed by atoms with E-state index in [1.807, 2.05) is 20.8 Å². The van der Waals surface area contributed by atoms with Gasteiger partial charge >= 0.3 is 0 Å². The van der Waals surface area contributed by atoms with Gasteiger partial charge in [0.15, 0.2) is 11.6 Å². The summed E-state index contributed by atoms with van der Waals surface area (Å²) in [6.45, 7) is 9.12. The number of hydrogen-bond acceptors (Lipinski definition) is 2. The molecule has 1 aromatic rings. The predicted octanol–water partition coefficient (Wildman–Crippen LogP) is 3.94. The van der Waals surface area contributed by atoms with Crippen LogP contribution in [0.4, 0.5) is 13.2 Å². The zero-order valence-corrected chi connectivity index (χ0v) is 14.6. The number of benzene rings is 1. The first kappa shape index (κ1) is 21.5. The lowest BCUT2D eigenvalue weighted by atomic mass is 9.80. The summed E-state index contributed by atoms with van der Waals surface area (Å²) in [5.74, 6) is -2.81. The first-order chi connectivity index (χ1) is 9.30. The molecule has 0 aliphatic carbocycles. The molecule has 0 radical (unpaired) electrons. The van der Waals surface area contributed by atoms with E-state index in [1.54, 1.807) is 0 Å². The Kier molecular flexibility index (Phi) is 8.20. The third kappa shape index (κ3) is 4.75. The first-order valence-corrected chi connectivity index (χ1v) is 6.90. The van der Waals surface area contributed by atoms with Crippen LogP contribution in [-0.4, -0.2) is 31.1 Å². The van der Waals surface area contributed by atoms with Gasteiger partial charge in [0.25, 0.3) is 0 Å². The van der Waals surface area contributed by atoms with Gasteiger partial charge in [-0.15, -0.1) is 24.8 Å². The van der Waals surface area contributed by atoms with Crippen molar-refractivity contribution in [1.82, 2.24) is 10.2 Å². The van der Waals surface area contributed by atoms with Crippen molar-refractivity contribution >= 4 is 24.8 Å². The minimum atomic E-state index is -1.14. The van der Waals surface area contributed by atoms with Crippen LogP contribution in [0.1, 0.15) is 32.4 Å². The second kappa shape index (κ2) is 8.39. The molecular formula is C15H23Cl2F3N2. The van der Waals surface area contributed by atoms with Gasteiger partial charge in [0.05, 0.1) is 0 Å². The van der Waals surface area contributed by atoms with Crippen molar-refractivity contribution in [2.45, 2.75) is 26.8 Å². The molecule has 22 heavy (non-hydrogen) atoms. The number of hydrogen-bond donors (Lipinski definition) is 1. The van der Waals surface area contributed by atoms with E-state index in [-0.39, 0.29) is 41.8 Å². The Labute approximate surface area is 142 Å². The molecule has 1 atom stereocenters. The van der Waals surface area contributed by atoms with E-state index < -0.39 is 17.5 Å². The molecule has 1 aromatic carbocycles. The normalized spacial score (nSPS) is 17.4. The quantitative estimate of drug-likeness (QED) is 0.805. The summed E-state index contributed by atoms with van der Waals surface area (Å²) < 4.78 is 40.7. The Morgan fingerprint density at radius 1 is 0.955 bits per heavy atom. The number of nitrogens with one attached hydrogen (secondary N) is 1. The second-order valence-electron chi connectivity index (χ2n) is 6.34. The van der Waals surface area contributed by atoms with E-state index in [2.05, 4.69) is 10.2 Å². The molecular weight excluding hydrogens is 336 g/mol. The van der Waals surface area contributed by atoms with E-state index in [9.17, 15) is 13.2 Å². The van der Waals surface area contributed by atoms with Crippen LogP contribution >= 0.6 is 24.8 Å². The van der Waals surface area contributed by atoms with E-state index in [1.165, 1.54) is 0 Å². The van der Waals surface area contributed by atoms with Crippen LogP contribution in [-0.2, 0) is 0 Å². The molecule has 0 amide bonds. The lowest BCUT2D eigenvalue weighted by Crippen LogP contribution is -2.48. The molecule has 0 unspecified atom stereocenters. The maximum atomic E-state index is 14.1. The van der Waals surface area contributed by atoms with Crippen molar-refractivity contribution < 1.29 is 13.2 Å². The molecule has 2 nitrogen and oxygen atoms in total. The fraction of sp³-hybridized carbons (Fsp3) is 0.600. The second-order valence-corrected chi connectivity index (χ2v) is 6.34. The molecule has 1 heterocycles. The summed E-state index contributed by atoms with van der Waals surface area (Å²) in [7, 11) is 0. The van der Waals surface area contributed by atoms with Crippen LogP contribution in [0.15, 0.2) is 12.1 Å². The van der Waals surface area contributed by atoms with Crippen molar-refractivity contribution in [2.75, 3.05) is 26.2 Å². The summed E-state index contributed by atoms with van der Waals surface area (Å²) in [6.07, 6.45) is 0. The number of rotatable bonds is 2. The van der Waals surface area contributed by atoms with Crippen molar-refractivity contribution in [3.8, 4) is 0 Å². The fourth-order valence-electron chi connectivity index (χ4n) is 2.90. The lowest BCUT2D eigenvalue weighted by molar-refractivity contribution is 0.0830. The van der Waals surface area contributed by atoms with Crippen molar-refractivity contribution in [1.29, 1.82) is 0 Å². The Morgan fingerprint density at radius 2 is 1.45 bits per heavy atom. The highest BCUT2D eigenvalue weighted by atomic mass is 35.5. The van der Waals surface area contributed by atoms with Crippen LogP contribution in [0.3, 0.4) is 0 Å². The average Bonchev–Trinajstić information content (AvgIpc) is 2.35. The minimum absolute atomic E-state index is 0. The Bertz CT molecular complexity index is 486. The highest BCUT2D eigenvalue weighted by molar-refractivity contribution is 5.85. The van der Waals surface area contributed by atoms with Gasteiger partial charge in [0, 0.05) is 43.9 Å². The summed E-state index contributed by atoms with van der Waals surface area (Å²) in [6, 6.07) is 1.37. The van der Waals surface area contributed by atoms with E-state index >= 15 is 0 Å². The predicted molar refractivity (Wildman–Crippen MR) is 87.5 cm³/mol. The topological polar surface area (TPSA) is 15.3 Å². The highest BCUT2D eigenvalue weighted by Crippen LogP contribution is 2.39. The standard InChI is InChI=1S/C15H21F3N2.2ClH/c1-15(2,3)14(20-6-4-19-5-7-20)10-8-12(17)13(18)9-11(10)16;;/h8-9,14,19H,4-7H2,1-3H3;2*1H/t14-;;/m1../s1. The smallest absolute Gasteiger partial charge is 0.161 e. The van der Waals surface area contributed by atoms with Crippen molar-refractivity contribution in [2.24, 2.45) is 5.41 Å². The average molecular weight is 359 g/mol. The molecule has 2 rings (SSSR count). The number of nitrogens with zero attached hydrogens (tertiary/aromatic N) is 1. The Hall–Kier alpha value is -0.490. The van der Waals surface area contributed by atoms with Gasteiger partial charge in [-0.1, -0.05) is 20.8 Å². The van der Waals surface area contributed by atoms with Crippen LogP contribution in [0.5, 0.6) is 0 Å². The molecule has 1 aliphatic heterocycles. The highest BCUT2D eigenvalue weighted by Gasteiger charge is 2.35. The van der Waals surface area contributed by atoms with Crippen LogP contribution in [0.2, 0.25) is 0 Å². The molecule has 0 aromatic heterocycles.